The van der Waals surface area contributed by atoms with Crippen LogP contribution in [0.25, 0.3) is 0 Å². The molecule has 1 aliphatic carbocycles. The number of nitrogens with zero attached hydrogens (tertiary/aromatic N) is 2. The molecule has 0 bridgehead atoms. The summed E-state index contributed by atoms with van der Waals surface area (Å²) in [6.07, 6.45) is 17.8. The monoisotopic (exact) mass is 791 g/mol. The van der Waals surface area contributed by atoms with Crippen molar-refractivity contribution in [1.29, 1.82) is 0 Å². The van der Waals surface area contributed by atoms with Crippen molar-refractivity contribution in [3.05, 3.63) is 149 Å². The molecule has 3 atom stereocenters. The van der Waals surface area contributed by atoms with Crippen LogP contribution in [0.4, 0.5) is 0 Å². The van der Waals surface area contributed by atoms with Gasteiger partial charge in [0, 0.05) is 0 Å². The number of hydrogen-bond acceptors (Lipinski definition) is 2. The maximum absolute atomic E-state index is 7.24. The van der Waals surface area contributed by atoms with Crippen molar-refractivity contribution in [2.45, 2.75) is 115 Å². The van der Waals surface area contributed by atoms with Gasteiger partial charge in [0.15, 0.2) is 0 Å². The summed E-state index contributed by atoms with van der Waals surface area (Å²) < 4.78 is 23.9. The van der Waals surface area contributed by atoms with Gasteiger partial charge in [0.05, 0.1) is 5.56 Å². The van der Waals surface area contributed by atoms with Crippen LogP contribution in [0, 0.1) is 13.8 Å². The topological polar surface area (TPSA) is 24.5 Å². The normalized spacial score (nSPS) is 20.8. The van der Waals surface area contributed by atoms with E-state index >= 15 is 0 Å². The molecule has 3 heterocycles. The first kappa shape index (κ1) is 36.2. The Labute approximate surface area is 331 Å². The first-order chi connectivity index (χ1) is 27.0. The second-order valence-corrected chi connectivity index (χ2v) is 23.9. The van der Waals surface area contributed by atoms with E-state index in [9.17, 15) is 0 Å². The molecular formula is C50H56AsN2O2+2. The molecule has 3 unspecified atom stereocenters. The van der Waals surface area contributed by atoms with E-state index in [1.54, 1.807) is 0 Å². The second kappa shape index (κ2) is 15.3. The Morgan fingerprint density at radius 3 is 1.45 bits per heavy atom. The van der Waals surface area contributed by atoms with Crippen LogP contribution in [-0.2, 0) is 12.8 Å². The summed E-state index contributed by atoms with van der Waals surface area (Å²) in [5.41, 5.74) is 7.58. The quantitative estimate of drug-likeness (QED) is 0.0718. The van der Waals surface area contributed by atoms with Gasteiger partial charge >= 0.3 is 258 Å². The average molecular weight is 792 g/mol. The van der Waals surface area contributed by atoms with E-state index < -0.39 is 19.6 Å². The summed E-state index contributed by atoms with van der Waals surface area (Å²) in [6.45, 7) is 6.71. The fourth-order valence-electron chi connectivity index (χ4n) is 10.1. The zero-order valence-corrected chi connectivity index (χ0v) is 34.8. The van der Waals surface area contributed by atoms with E-state index in [-0.39, 0.29) is 0 Å². The fraction of sp³-hybridized carbons (Fsp3) is 0.360. The number of rotatable bonds is 12. The van der Waals surface area contributed by atoms with Gasteiger partial charge in [-0.3, -0.25) is 0 Å². The predicted octanol–water partition coefficient (Wildman–Crippen LogP) is 8.81. The number of benzene rings is 5. The summed E-state index contributed by atoms with van der Waals surface area (Å²) in [5.74, 6) is 1.92. The van der Waals surface area contributed by atoms with Crippen molar-refractivity contribution in [3.8, 4) is 11.5 Å². The van der Waals surface area contributed by atoms with Gasteiger partial charge in [0.2, 0.25) is 0 Å². The van der Waals surface area contributed by atoms with Crippen molar-refractivity contribution < 1.29 is 18.6 Å². The second-order valence-electron chi connectivity index (χ2n) is 16.4. The third-order valence-electron chi connectivity index (χ3n) is 12.7. The third kappa shape index (κ3) is 6.49. The number of aryl methyl sites for hydroxylation is 4. The molecule has 0 N–H and O–H groups in total. The summed E-state index contributed by atoms with van der Waals surface area (Å²) >= 11 is -2.72. The van der Waals surface area contributed by atoms with E-state index in [2.05, 4.69) is 158 Å². The molecule has 1 radical (unpaired) electrons. The molecule has 55 heavy (non-hydrogen) atoms. The minimum absolute atomic E-state index is 0.356. The van der Waals surface area contributed by atoms with E-state index in [1.807, 2.05) is 0 Å². The van der Waals surface area contributed by atoms with Gasteiger partial charge in [-0.1, -0.05) is 25.8 Å². The molecule has 1 saturated heterocycles. The summed E-state index contributed by atoms with van der Waals surface area (Å²) in [5, 5.41) is 1.21. The Bertz CT molecular complexity index is 2130. The van der Waals surface area contributed by atoms with E-state index in [1.165, 1.54) is 90.2 Å². The van der Waals surface area contributed by atoms with Crippen molar-refractivity contribution in [3.63, 3.8) is 0 Å². The Morgan fingerprint density at radius 2 is 1.02 bits per heavy atom. The molecular weight excluding hydrogens is 735 g/mol. The van der Waals surface area contributed by atoms with Crippen LogP contribution in [-0.4, -0.2) is 53.2 Å². The van der Waals surface area contributed by atoms with E-state index in [0.717, 1.165) is 43.6 Å². The van der Waals surface area contributed by atoms with Crippen molar-refractivity contribution in [1.82, 2.24) is 0 Å². The molecule has 5 heteroatoms. The van der Waals surface area contributed by atoms with Crippen LogP contribution in [0.5, 0.6) is 11.5 Å². The van der Waals surface area contributed by atoms with E-state index in [4.69, 9.17) is 9.47 Å². The summed E-state index contributed by atoms with van der Waals surface area (Å²) in [6, 6.07) is 43.4. The third-order valence-corrected chi connectivity index (χ3v) is 22.2. The van der Waals surface area contributed by atoms with Gasteiger partial charge in [0.25, 0.3) is 0 Å². The Balaban J connectivity index is 1.00. The van der Waals surface area contributed by atoms with Crippen molar-refractivity contribution >= 4 is 39.0 Å². The van der Waals surface area contributed by atoms with Crippen LogP contribution in [0.1, 0.15) is 98.1 Å². The van der Waals surface area contributed by atoms with Crippen LogP contribution >= 0.6 is 0 Å². The van der Waals surface area contributed by atoms with Crippen LogP contribution in [0.15, 0.2) is 115 Å². The molecule has 4 aliphatic rings. The molecule has 9 rings (SSSR count). The van der Waals surface area contributed by atoms with Crippen LogP contribution in [0.2, 0.25) is 5.21 Å². The van der Waals surface area contributed by atoms with Crippen molar-refractivity contribution in [2.24, 2.45) is 0 Å². The van der Waals surface area contributed by atoms with Gasteiger partial charge < -0.3 is 0 Å². The molecule has 3 aliphatic heterocycles. The SMILES string of the molecule is CCCCCc1cc(C)c2c(c1)C=[N+]1C3CCCCC3[N+]3=Cc4cc(CCCC[As](c5ccccc5)(c5ccccc5)c5ccccc5)cc(C)c4OC13O2. The zero-order valence-electron chi connectivity index (χ0n) is 32.9. The van der Waals surface area contributed by atoms with Gasteiger partial charge in [0.1, 0.15) is 0 Å². The molecule has 281 valence electrons. The fourth-order valence-corrected chi connectivity index (χ4v) is 19.4. The molecule has 1 spiro atoms. The van der Waals surface area contributed by atoms with Gasteiger partial charge in [-0.25, -0.2) is 0 Å². The molecule has 5 aromatic carbocycles. The predicted molar refractivity (Wildman–Crippen MR) is 228 cm³/mol. The van der Waals surface area contributed by atoms with Crippen molar-refractivity contribution in [2.75, 3.05) is 0 Å². The molecule has 2 fully saturated rings. The number of fused-ring (bicyclic) bond motifs is 5. The van der Waals surface area contributed by atoms with Gasteiger partial charge in [-0.2, -0.15) is 0 Å². The Morgan fingerprint density at radius 1 is 0.582 bits per heavy atom. The Hall–Kier alpha value is -4.40. The first-order valence-corrected chi connectivity index (χ1v) is 25.1. The maximum atomic E-state index is 7.24. The average Bonchev–Trinajstić information content (AvgIpc) is 3.49. The summed E-state index contributed by atoms with van der Waals surface area (Å²) in [4.78, 5) is 0. The Kier molecular flexibility index (Phi) is 10.1. The van der Waals surface area contributed by atoms with Gasteiger partial charge in [-0.15, -0.1) is 0 Å². The number of unbranched alkanes of at least 4 members (excludes halogenated alkanes) is 3. The van der Waals surface area contributed by atoms with Crippen LogP contribution in [0.3, 0.4) is 0 Å². The van der Waals surface area contributed by atoms with Gasteiger partial charge in [-0.05, 0) is 43.4 Å². The molecule has 0 amide bonds. The molecule has 5 aromatic rings. The minimum atomic E-state index is -2.72. The molecule has 1 saturated carbocycles. The number of ether oxygens (including phenoxy) is 2. The molecule has 4 nitrogen and oxygen atoms in total. The standard InChI is InChI=1S/C50H56AsN2O2/c1-4-5-9-20-39-31-37(2)48-41(33-39)35-52-46-28-16-17-29-47(46)53-36-42-34-40(32-38(3)49(42)55-50(52,53)54-48)21-18-19-30-51(43-22-10-6-11-23-43,44-24-12-7-13-25-44)45-26-14-8-15-27-45/h6-8,10-15,22-27,31-36,46-47H,4-5,9,16-21,28-30H2,1-3H3/q+2. The summed E-state index contributed by atoms with van der Waals surface area (Å²) in [7, 11) is 0. The first-order valence-electron chi connectivity index (χ1n) is 21.0. The molecule has 0 aromatic heterocycles. The van der Waals surface area contributed by atoms with Crippen LogP contribution < -0.4 is 22.5 Å². The zero-order chi connectivity index (χ0) is 37.4. The number of hydrogen-bond donors (Lipinski definition) is 0. The van der Waals surface area contributed by atoms with E-state index in [0.29, 0.717) is 12.1 Å².